The van der Waals surface area contributed by atoms with Crippen LogP contribution in [0.15, 0.2) is 72.8 Å². The van der Waals surface area contributed by atoms with Crippen molar-refractivity contribution in [2.24, 2.45) is 0 Å². The van der Waals surface area contributed by atoms with E-state index in [9.17, 15) is 9.59 Å². The first kappa shape index (κ1) is 18.6. The Morgan fingerprint density at radius 1 is 1.03 bits per heavy atom. The van der Waals surface area contributed by atoms with Crippen LogP contribution in [0.2, 0.25) is 0 Å². The Bertz CT molecular complexity index is 1060. The van der Waals surface area contributed by atoms with E-state index in [0.717, 1.165) is 22.7 Å². The van der Waals surface area contributed by atoms with E-state index >= 15 is 0 Å². The number of ether oxygens (including phenoxy) is 1. The van der Waals surface area contributed by atoms with Gasteiger partial charge in [-0.1, -0.05) is 24.3 Å². The van der Waals surface area contributed by atoms with E-state index in [1.165, 1.54) is 6.92 Å². The molecule has 0 spiro atoms. The molecule has 3 aromatic rings. The summed E-state index contributed by atoms with van der Waals surface area (Å²) in [6.45, 7) is 1.46. The molecule has 0 aromatic heterocycles. The van der Waals surface area contributed by atoms with Crippen LogP contribution < -0.4 is 20.3 Å². The number of benzene rings is 3. The zero-order valence-electron chi connectivity index (χ0n) is 16.2. The zero-order valence-corrected chi connectivity index (χ0v) is 16.2. The number of nitrogens with one attached hydrogen (secondary N) is 2. The van der Waals surface area contributed by atoms with Gasteiger partial charge >= 0.3 is 0 Å². The van der Waals surface area contributed by atoms with Crippen LogP contribution in [-0.2, 0) is 4.79 Å². The van der Waals surface area contributed by atoms with Gasteiger partial charge in [0.2, 0.25) is 5.91 Å². The number of carbonyl (C=O) groups is 2. The molecule has 2 N–H and O–H groups in total. The van der Waals surface area contributed by atoms with Crippen molar-refractivity contribution in [3.05, 3.63) is 83.9 Å². The van der Waals surface area contributed by atoms with Gasteiger partial charge in [-0.15, -0.1) is 0 Å². The fourth-order valence-electron chi connectivity index (χ4n) is 3.47. The van der Waals surface area contributed by atoms with Gasteiger partial charge in [0.1, 0.15) is 11.9 Å². The molecule has 1 heterocycles. The summed E-state index contributed by atoms with van der Waals surface area (Å²) >= 11 is 0. The second-order valence-corrected chi connectivity index (χ2v) is 6.77. The molecule has 0 saturated carbocycles. The number of amides is 2. The van der Waals surface area contributed by atoms with Gasteiger partial charge in [-0.05, 0) is 54.1 Å². The summed E-state index contributed by atoms with van der Waals surface area (Å²) in [6, 6.07) is 22.3. The SMILES string of the molecule is COc1cccc([C@H]2Nc3ccccc3C(=O)N2c2ccc(NC(C)=O)cc2)c1. The van der Waals surface area contributed by atoms with E-state index < -0.39 is 6.17 Å². The van der Waals surface area contributed by atoms with Crippen LogP contribution in [0.25, 0.3) is 0 Å². The number of methoxy groups -OCH3 is 1. The third-order valence-corrected chi connectivity index (χ3v) is 4.80. The first-order valence-electron chi connectivity index (χ1n) is 9.27. The summed E-state index contributed by atoms with van der Waals surface area (Å²) in [7, 11) is 1.62. The predicted molar refractivity (Wildman–Crippen MR) is 113 cm³/mol. The lowest BCUT2D eigenvalue weighted by Crippen LogP contribution is -2.43. The van der Waals surface area contributed by atoms with Gasteiger partial charge in [0.15, 0.2) is 0 Å². The molecule has 6 heteroatoms. The third kappa shape index (κ3) is 3.65. The summed E-state index contributed by atoms with van der Waals surface area (Å²) in [5.74, 6) is 0.479. The van der Waals surface area contributed by atoms with Gasteiger partial charge in [0.05, 0.1) is 12.7 Å². The van der Waals surface area contributed by atoms with E-state index in [0.29, 0.717) is 11.3 Å². The molecule has 6 nitrogen and oxygen atoms in total. The predicted octanol–water partition coefficient (Wildman–Crippen LogP) is 4.42. The minimum atomic E-state index is -0.404. The molecule has 1 atom stereocenters. The van der Waals surface area contributed by atoms with Crippen molar-refractivity contribution in [2.75, 3.05) is 22.6 Å². The maximum absolute atomic E-state index is 13.4. The summed E-state index contributed by atoms with van der Waals surface area (Å²) in [5, 5.41) is 6.22. The topological polar surface area (TPSA) is 70.7 Å². The lowest BCUT2D eigenvalue weighted by Gasteiger charge is -2.38. The van der Waals surface area contributed by atoms with Gasteiger partial charge in [0.25, 0.3) is 5.91 Å². The monoisotopic (exact) mass is 387 g/mol. The van der Waals surface area contributed by atoms with Crippen LogP contribution in [0.3, 0.4) is 0 Å². The number of carbonyl (C=O) groups excluding carboxylic acids is 2. The summed E-state index contributed by atoms with van der Waals surface area (Å²) in [6.07, 6.45) is -0.404. The smallest absolute Gasteiger partial charge is 0.262 e. The Kier molecular flexibility index (Phi) is 4.91. The molecule has 1 aliphatic heterocycles. The zero-order chi connectivity index (χ0) is 20.4. The third-order valence-electron chi connectivity index (χ3n) is 4.80. The standard InChI is InChI=1S/C23H21N3O3/c1-15(27)24-17-10-12-18(13-11-17)26-22(16-6-5-7-19(14-16)29-2)25-21-9-4-3-8-20(21)23(26)28/h3-14,22,25H,1-2H3,(H,24,27)/t22-/m0/s1. The average molecular weight is 387 g/mol. The van der Waals surface area contributed by atoms with Crippen molar-refractivity contribution >= 4 is 28.9 Å². The van der Waals surface area contributed by atoms with Gasteiger partial charge in [-0.3, -0.25) is 14.5 Å². The Balaban J connectivity index is 1.78. The van der Waals surface area contributed by atoms with E-state index in [4.69, 9.17) is 4.74 Å². The first-order valence-corrected chi connectivity index (χ1v) is 9.27. The molecule has 4 rings (SSSR count). The van der Waals surface area contributed by atoms with Gasteiger partial charge in [-0.2, -0.15) is 0 Å². The number of para-hydroxylation sites is 1. The highest BCUT2D eigenvalue weighted by Crippen LogP contribution is 2.37. The fraction of sp³-hybridized carbons (Fsp3) is 0.130. The van der Waals surface area contributed by atoms with Crippen LogP contribution in [0, 0.1) is 0 Å². The van der Waals surface area contributed by atoms with Crippen LogP contribution in [0.1, 0.15) is 29.0 Å². The number of hydrogen-bond donors (Lipinski definition) is 2. The second-order valence-electron chi connectivity index (χ2n) is 6.77. The van der Waals surface area contributed by atoms with Crippen molar-refractivity contribution in [3.8, 4) is 5.75 Å². The average Bonchev–Trinajstić information content (AvgIpc) is 2.74. The first-order chi connectivity index (χ1) is 14.1. The number of rotatable bonds is 4. The molecule has 0 saturated heterocycles. The van der Waals surface area contributed by atoms with E-state index in [1.54, 1.807) is 24.1 Å². The Morgan fingerprint density at radius 2 is 1.79 bits per heavy atom. The molecule has 29 heavy (non-hydrogen) atoms. The van der Waals surface area contributed by atoms with Gasteiger partial charge in [0, 0.05) is 24.0 Å². The normalized spacial score (nSPS) is 15.3. The molecule has 3 aromatic carbocycles. The van der Waals surface area contributed by atoms with Gasteiger partial charge in [-0.25, -0.2) is 0 Å². The molecular weight excluding hydrogens is 366 g/mol. The second kappa shape index (κ2) is 7.67. The highest BCUT2D eigenvalue weighted by Gasteiger charge is 2.34. The maximum atomic E-state index is 13.4. The Morgan fingerprint density at radius 3 is 2.52 bits per heavy atom. The van der Waals surface area contributed by atoms with Crippen molar-refractivity contribution in [2.45, 2.75) is 13.1 Å². The Hall–Kier alpha value is -3.80. The summed E-state index contributed by atoms with van der Waals surface area (Å²) in [5.41, 5.74) is 3.70. The molecule has 146 valence electrons. The number of fused-ring (bicyclic) bond motifs is 1. The van der Waals surface area contributed by atoms with Gasteiger partial charge < -0.3 is 15.4 Å². The largest absolute Gasteiger partial charge is 0.497 e. The molecule has 0 radical (unpaired) electrons. The number of anilines is 3. The fourth-order valence-corrected chi connectivity index (χ4v) is 3.47. The summed E-state index contributed by atoms with van der Waals surface area (Å²) < 4.78 is 5.36. The number of hydrogen-bond acceptors (Lipinski definition) is 4. The quantitative estimate of drug-likeness (QED) is 0.695. The highest BCUT2D eigenvalue weighted by molar-refractivity contribution is 6.12. The van der Waals surface area contributed by atoms with Crippen LogP contribution >= 0.6 is 0 Å². The van der Waals surface area contributed by atoms with E-state index in [1.807, 2.05) is 60.7 Å². The van der Waals surface area contributed by atoms with E-state index in [-0.39, 0.29) is 11.8 Å². The molecule has 0 bridgehead atoms. The minimum Gasteiger partial charge on any atom is -0.497 e. The maximum Gasteiger partial charge on any atom is 0.262 e. The molecule has 0 unspecified atom stereocenters. The lowest BCUT2D eigenvalue weighted by atomic mass is 10.0. The Labute approximate surface area is 169 Å². The summed E-state index contributed by atoms with van der Waals surface area (Å²) in [4.78, 5) is 26.4. The molecular formula is C23H21N3O3. The molecule has 0 aliphatic carbocycles. The van der Waals surface area contributed by atoms with Crippen LogP contribution in [0.4, 0.5) is 17.1 Å². The van der Waals surface area contributed by atoms with Crippen molar-refractivity contribution in [1.82, 2.24) is 0 Å². The molecule has 2 amide bonds. The molecule has 1 aliphatic rings. The lowest BCUT2D eigenvalue weighted by molar-refractivity contribution is -0.114. The van der Waals surface area contributed by atoms with Crippen molar-refractivity contribution in [1.29, 1.82) is 0 Å². The minimum absolute atomic E-state index is 0.0977. The van der Waals surface area contributed by atoms with E-state index in [2.05, 4.69) is 10.6 Å². The molecule has 0 fully saturated rings. The van der Waals surface area contributed by atoms with Crippen molar-refractivity contribution < 1.29 is 14.3 Å². The van der Waals surface area contributed by atoms with Crippen molar-refractivity contribution in [3.63, 3.8) is 0 Å². The van der Waals surface area contributed by atoms with Crippen LogP contribution in [-0.4, -0.2) is 18.9 Å². The highest BCUT2D eigenvalue weighted by atomic mass is 16.5. The van der Waals surface area contributed by atoms with Crippen LogP contribution in [0.5, 0.6) is 5.75 Å². The number of nitrogens with zero attached hydrogens (tertiary/aromatic N) is 1.